The number of benzene rings is 2. The number of hydrogen-bond donors (Lipinski definition) is 2. The second-order valence-electron chi connectivity index (χ2n) is 13.3. The van der Waals surface area contributed by atoms with Gasteiger partial charge in [-0.1, -0.05) is 43.7 Å². The summed E-state index contributed by atoms with van der Waals surface area (Å²) < 4.78 is 33.9. The fraction of sp³-hybridized carbons (Fsp3) is 0.486. The fourth-order valence-electron chi connectivity index (χ4n) is 7.65. The van der Waals surface area contributed by atoms with Crippen LogP contribution in [-0.4, -0.2) is 88.1 Å². The molecule has 1 unspecified atom stereocenters. The van der Waals surface area contributed by atoms with Gasteiger partial charge in [0.05, 0.1) is 11.2 Å². The van der Waals surface area contributed by atoms with E-state index in [-0.39, 0.29) is 27.4 Å². The van der Waals surface area contributed by atoms with Gasteiger partial charge in [-0.15, -0.1) is 0 Å². The van der Waals surface area contributed by atoms with E-state index in [1.54, 1.807) is 19.2 Å². The first-order valence-corrected chi connectivity index (χ1v) is 18.8. The van der Waals surface area contributed by atoms with Gasteiger partial charge in [-0.25, -0.2) is 18.2 Å². The van der Waals surface area contributed by atoms with Crippen molar-refractivity contribution in [2.75, 3.05) is 51.7 Å². The third-order valence-corrected chi connectivity index (χ3v) is 11.9. The number of likely N-dealkylation sites (tertiary alicyclic amines) is 1. The Labute approximate surface area is 291 Å². The van der Waals surface area contributed by atoms with Gasteiger partial charge in [0.1, 0.15) is 11.0 Å². The highest BCUT2D eigenvalue weighted by Crippen LogP contribution is 2.45. The second kappa shape index (κ2) is 16.5. The number of ether oxygens (including phenoxy) is 1. The maximum absolute atomic E-state index is 12.9. The molecule has 5 rings (SSSR count). The van der Waals surface area contributed by atoms with E-state index in [1.807, 2.05) is 30.9 Å². The molecule has 2 aliphatic heterocycles. The van der Waals surface area contributed by atoms with Crippen LogP contribution in [0.5, 0.6) is 0 Å². The highest BCUT2D eigenvalue weighted by molar-refractivity contribution is 7.96. The summed E-state index contributed by atoms with van der Waals surface area (Å²) in [7, 11) is -0.578. The molecule has 3 N–H and O–H groups in total. The van der Waals surface area contributed by atoms with Gasteiger partial charge < -0.3 is 30.2 Å². The smallest absolute Gasteiger partial charge is 0.407 e. The van der Waals surface area contributed by atoms with Crippen LogP contribution >= 0.6 is 0 Å². The number of carbonyl (C=O) groups excluding carboxylic acids is 1. The molecule has 2 saturated heterocycles. The molecule has 2 aromatic carbocycles. The average molecular weight is 690 g/mol. The van der Waals surface area contributed by atoms with Crippen LogP contribution in [0, 0.1) is 11.8 Å². The summed E-state index contributed by atoms with van der Waals surface area (Å²) in [6.07, 6.45) is 12.1. The molecule has 12 heteroatoms. The van der Waals surface area contributed by atoms with Crippen LogP contribution in [0.15, 0.2) is 94.3 Å². The first-order valence-electron chi connectivity index (χ1n) is 17.3. The first kappa shape index (κ1) is 36.1. The number of nitrogens with two attached hydrogens (primary N) is 1. The summed E-state index contributed by atoms with van der Waals surface area (Å²) >= 11 is 0. The van der Waals surface area contributed by atoms with Gasteiger partial charge in [-0.3, -0.25) is 4.99 Å². The fourth-order valence-corrected chi connectivity index (χ4v) is 8.84. The number of imidazole rings is 1. The Morgan fingerprint density at radius 1 is 1.14 bits per heavy atom. The molecule has 0 saturated carbocycles. The number of hydrogen-bond acceptors (Lipinski definition) is 9. The number of amides is 1. The van der Waals surface area contributed by atoms with Gasteiger partial charge in [-0.2, -0.15) is 0 Å². The zero-order valence-electron chi connectivity index (χ0n) is 28.9. The monoisotopic (exact) mass is 689 g/mol. The van der Waals surface area contributed by atoms with Gasteiger partial charge in [0.15, 0.2) is 0 Å². The highest BCUT2D eigenvalue weighted by Gasteiger charge is 2.44. The number of nitrogens with zero attached hydrogens (tertiary/aromatic N) is 5. The van der Waals surface area contributed by atoms with Gasteiger partial charge in [0, 0.05) is 82.1 Å². The highest BCUT2D eigenvalue weighted by atomic mass is 32.2. The molecular weight excluding hydrogens is 639 g/mol. The number of nitrogens with one attached hydrogen (secondary N) is 1. The quantitative estimate of drug-likeness (QED) is 0.216. The SMILES string of the molecule is CCC[C@H](CC(Cn1ccnc1)(c1ccccc1)C1CCN(CC2CN(c3ccc(S(=O)(=O)C(C=NC)=CN)cc3)C2)CC1)OC(=O)NC. The Kier molecular flexibility index (Phi) is 12.2. The van der Waals surface area contributed by atoms with Crippen LogP contribution in [0.1, 0.15) is 44.6 Å². The summed E-state index contributed by atoms with van der Waals surface area (Å²) in [4.78, 5) is 25.7. The van der Waals surface area contributed by atoms with Crippen LogP contribution in [-0.2, 0) is 26.5 Å². The van der Waals surface area contributed by atoms with Crippen molar-refractivity contribution < 1.29 is 17.9 Å². The standard InChI is InChI=1S/C37H51N7O4S/c1-4-8-33(48-36(45)40-3)21-37(27-43-20-17-41-28-43,30-9-6-5-7-10-30)31-15-18-42(19-16-31)24-29-25-44(26-29)32-11-13-34(14-12-32)49(46,47)35(22-38)23-39-2/h5-7,9-14,17,20,22-23,28-29,31,33H,4,8,15-16,18-19,21,24-27,38H2,1-3H3,(H,40,45)/t33-,37?/m1/s1. The molecule has 3 aromatic rings. The summed E-state index contributed by atoms with van der Waals surface area (Å²) in [5.41, 5.74) is 7.61. The molecule has 0 aliphatic carbocycles. The molecule has 3 heterocycles. The maximum Gasteiger partial charge on any atom is 0.407 e. The predicted octanol–water partition coefficient (Wildman–Crippen LogP) is 4.86. The number of alkyl carbamates (subject to hydrolysis) is 1. The van der Waals surface area contributed by atoms with Gasteiger partial charge >= 0.3 is 6.09 Å². The summed E-state index contributed by atoms with van der Waals surface area (Å²) in [6, 6.07) is 17.8. The Morgan fingerprint density at radius 2 is 1.86 bits per heavy atom. The molecule has 2 fully saturated rings. The number of anilines is 1. The van der Waals surface area contributed by atoms with Crippen molar-refractivity contribution >= 4 is 27.8 Å². The lowest BCUT2D eigenvalue weighted by molar-refractivity contribution is 0.0359. The van der Waals surface area contributed by atoms with Crippen LogP contribution in [0.2, 0.25) is 0 Å². The van der Waals surface area contributed by atoms with E-state index in [0.717, 1.165) is 83.3 Å². The number of sulfone groups is 1. The van der Waals surface area contributed by atoms with Crippen molar-refractivity contribution in [3.05, 3.63) is 90.0 Å². The Bertz CT molecular complexity index is 1650. The zero-order valence-corrected chi connectivity index (χ0v) is 29.8. The topological polar surface area (TPSA) is 135 Å². The van der Waals surface area contributed by atoms with Crippen molar-refractivity contribution in [3.8, 4) is 0 Å². The normalized spacial score (nSPS) is 18.6. The minimum absolute atomic E-state index is 0.0173. The average Bonchev–Trinajstić information content (AvgIpc) is 3.62. The van der Waals surface area contributed by atoms with Crippen LogP contribution < -0.4 is 16.0 Å². The molecule has 11 nitrogen and oxygen atoms in total. The van der Waals surface area contributed by atoms with Crippen LogP contribution in [0.4, 0.5) is 10.5 Å². The van der Waals surface area contributed by atoms with E-state index in [4.69, 9.17) is 10.5 Å². The number of allylic oxidation sites excluding steroid dienone is 1. The molecule has 1 amide bonds. The third-order valence-electron chi connectivity index (χ3n) is 10.1. The molecule has 0 bridgehead atoms. The van der Waals surface area contributed by atoms with E-state index in [0.29, 0.717) is 11.8 Å². The number of piperidine rings is 1. The van der Waals surface area contributed by atoms with E-state index in [1.165, 1.54) is 18.8 Å². The molecule has 49 heavy (non-hydrogen) atoms. The minimum atomic E-state index is -3.71. The van der Waals surface area contributed by atoms with E-state index in [9.17, 15) is 13.2 Å². The summed E-state index contributed by atoms with van der Waals surface area (Å²) in [6.45, 7) is 7.85. The lowest BCUT2D eigenvalue weighted by atomic mass is 9.63. The van der Waals surface area contributed by atoms with E-state index >= 15 is 0 Å². The van der Waals surface area contributed by atoms with Crippen molar-refractivity contribution in [1.82, 2.24) is 19.8 Å². The number of rotatable bonds is 15. The number of carbonyl (C=O) groups is 1. The van der Waals surface area contributed by atoms with Crippen molar-refractivity contribution in [2.45, 2.75) is 62.0 Å². The van der Waals surface area contributed by atoms with Crippen LogP contribution in [0.3, 0.4) is 0 Å². The van der Waals surface area contributed by atoms with E-state index in [2.05, 4.69) is 66.9 Å². The Morgan fingerprint density at radius 3 is 2.45 bits per heavy atom. The molecule has 0 radical (unpaired) electrons. The molecule has 2 aliphatic rings. The molecule has 264 valence electrons. The maximum atomic E-state index is 12.9. The van der Waals surface area contributed by atoms with Crippen molar-refractivity contribution in [1.29, 1.82) is 0 Å². The number of aromatic nitrogens is 2. The van der Waals surface area contributed by atoms with Gasteiger partial charge in [0.25, 0.3) is 0 Å². The van der Waals surface area contributed by atoms with E-state index < -0.39 is 9.84 Å². The molecule has 0 spiro atoms. The summed E-state index contributed by atoms with van der Waals surface area (Å²) in [5.74, 6) is 0.944. The zero-order chi connectivity index (χ0) is 34.9. The largest absolute Gasteiger partial charge is 0.446 e. The predicted molar refractivity (Wildman–Crippen MR) is 194 cm³/mol. The molecule has 2 atom stereocenters. The van der Waals surface area contributed by atoms with Crippen molar-refractivity contribution in [3.63, 3.8) is 0 Å². The molecule has 1 aromatic heterocycles. The van der Waals surface area contributed by atoms with Crippen molar-refractivity contribution in [2.24, 2.45) is 22.6 Å². The lowest BCUT2D eigenvalue weighted by Gasteiger charge is -2.48. The summed E-state index contributed by atoms with van der Waals surface area (Å²) in [5, 5.41) is 2.65. The minimum Gasteiger partial charge on any atom is -0.446 e. The van der Waals surface area contributed by atoms with Gasteiger partial charge in [0.2, 0.25) is 9.84 Å². The Hall–Kier alpha value is -4.16. The number of aliphatic imine (C=N–C) groups is 1. The lowest BCUT2D eigenvalue weighted by Crippen LogP contribution is -2.54. The Balaban J connectivity index is 1.24. The second-order valence-corrected chi connectivity index (χ2v) is 15.3. The first-order chi connectivity index (χ1) is 23.7. The molecular formula is C37H51N7O4S. The van der Waals surface area contributed by atoms with Crippen LogP contribution in [0.25, 0.3) is 0 Å². The van der Waals surface area contributed by atoms with Gasteiger partial charge in [-0.05, 0) is 74.5 Å². The third kappa shape index (κ3) is 8.53.